The van der Waals surface area contributed by atoms with Crippen molar-refractivity contribution in [1.82, 2.24) is 9.62 Å². The van der Waals surface area contributed by atoms with Crippen molar-refractivity contribution in [1.29, 1.82) is 0 Å². The molecule has 8 heteroatoms. The molecule has 1 amide bonds. The van der Waals surface area contributed by atoms with Gasteiger partial charge in [0.25, 0.3) is 5.91 Å². The predicted octanol–water partition coefficient (Wildman–Crippen LogP) is 3.37. The van der Waals surface area contributed by atoms with Crippen LogP contribution >= 0.6 is 11.6 Å². The Morgan fingerprint density at radius 2 is 1.85 bits per heavy atom. The first-order chi connectivity index (χ1) is 12.8. The number of sulfonamides is 1. The van der Waals surface area contributed by atoms with Gasteiger partial charge >= 0.3 is 0 Å². The lowest BCUT2D eigenvalue weighted by molar-refractivity contribution is 0.0706. The van der Waals surface area contributed by atoms with E-state index in [0.29, 0.717) is 31.0 Å². The van der Waals surface area contributed by atoms with Crippen LogP contribution in [0.25, 0.3) is 0 Å². The molecular formula is C19H20ClFN2O3S. The number of hydrogen-bond donors (Lipinski definition) is 1. The van der Waals surface area contributed by atoms with E-state index in [4.69, 9.17) is 11.6 Å². The molecule has 0 aromatic heterocycles. The highest BCUT2D eigenvalue weighted by atomic mass is 35.5. The van der Waals surface area contributed by atoms with Crippen molar-refractivity contribution in [3.8, 4) is 0 Å². The standard InChI is InChI=1S/C19H20ClFN2O3S/c1-13-6-7-15(12-17(13)20)27(25,26)22-14-8-10-23(11-9-14)19(24)16-4-2-3-5-18(16)21/h2-7,12,14,22H,8-11H2,1H3. The Hall–Kier alpha value is -1.96. The molecule has 0 unspecified atom stereocenters. The Morgan fingerprint density at radius 1 is 1.19 bits per heavy atom. The van der Waals surface area contributed by atoms with Gasteiger partial charge in [-0.2, -0.15) is 0 Å². The van der Waals surface area contributed by atoms with Crippen LogP contribution in [0, 0.1) is 12.7 Å². The minimum absolute atomic E-state index is 0.0332. The van der Waals surface area contributed by atoms with Crippen LogP contribution in [-0.2, 0) is 10.0 Å². The highest BCUT2D eigenvalue weighted by molar-refractivity contribution is 7.89. The van der Waals surface area contributed by atoms with E-state index in [0.717, 1.165) is 5.56 Å². The minimum atomic E-state index is -3.69. The second-order valence-electron chi connectivity index (χ2n) is 6.58. The van der Waals surface area contributed by atoms with Crippen molar-refractivity contribution in [2.75, 3.05) is 13.1 Å². The second-order valence-corrected chi connectivity index (χ2v) is 8.70. The number of benzene rings is 2. The first-order valence-electron chi connectivity index (χ1n) is 8.60. The number of rotatable bonds is 4. The number of piperidine rings is 1. The van der Waals surface area contributed by atoms with E-state index in [1.54, 1.807) is 24.0 Å². The Morgan fingerprint density at radius 3 is 2.48 bits per heavy atom. The molecule has 5 nitrogen and oxygen atoms in total. The minimum Gasteiger partial charge on any atom is -0.338 e. The maximum Gasteiger partial charge on any atom is 0.256 e. The largest absolute Gasteiger partial charge is 0.338 e. The van der Waals surface area contributed by atoms with Gasteiger partial charge in [-0.05, 0) is 49.6 Å². The second kappa shape index (κ2) is 7.96. The van der Waals surface area contributed by atoms with Gasteiger partial charge in [0, 0.05) is 24.2 Å². The molecule has 0 aliphatic carbocycles. The van der Waals surface area contributed by atoms with Crippen molar-refractivity contribution in [2.24, 2.45) is 0 Å². The van der Waals surface area contributed by atoms with Gasteiger partial charge in [0.15, 0.2) is 0 Å². The van der Waals surface area contributed by atoms with E-state index in [1.165, 1.54) is 30.3 Å². The first kappa shape index (κ1) is 19.8. The van der Waals surface area contributed by atoms with Gasteiger partial charge in [-0.1, -0.05) is 29.8 Å². The highest BCUT2D eigenvalue weighted by Crippen LogP contribution is 2.22. The number of nitrogens with one attached hydrogen (secondary N) is 1. The zero-order valence-corrected chi connectivity index (χ0v) is 16.4. The third-order valence-corrected chi connectivity index (χ3v) is 6.59. The van der Waals surface area contributed by atoms with Gasteiger partial charge in [-0.25, -0.2) is 17.5 Å². The molecule has 2 aromatic rings. The molecule has 0 spiro atoms. The summed E-state index contributed by atoms with van der Waals surface area (Å²) in [6.07, 6.45) is 0.915. The van der Waals surface area contributed by atoms with Crippen molar-refractivity contribution >= 4 is 27.5 Å². The first-order valence-corrected chi connectivity index (χ1v) is 10.5. The fourth-order valence-corrected chi connectivity index (χ4v) is 4.61. The van der Waals surface area contributed by atoms with Crippen LogP contribution in [0.5, 0.6) is 0 Å². The van der Waals surface area contributed by atoms with Crippen LogP contribution in [0.1, 0.15) is 28.8 Å². The van der Waals surface area contributed by atoms with Crippen LogP contribution in [-0.4, -0.2) is 38.4 Å². The van der Waals surface area contributed by atoms with Crippen molar-refractivity contribution in [2.45, 2.75) is 30.7 Å². The summed E-state index contributed by atoms with van der Waals surface area (Å²) in [5, 5.41) is 0.392. The Bertz CT molecular complexity index is 957. The van der Waals surface area contributed by atoms with Crippen LogP contribution in [0.15, 0.2) is 47.4 Å². The maximum atomic E-state index is 13.8. The fraction of sp³-hybridized carbons (Fsp3) is 0.316. The van der Waals surface area contributed by atoms with Gasteiger partial charge in [0.05, 0.1) is 10.5 Å². The molecule has 144 valence electrons. The highest BCUT2D eigenvalue weighted by Gasteiger charge is 2.28. The zero-order valence-electron chi connectivity index (χ0n) is 14.8. The molecular weight excluding hydrogens is 391 g/mol. The Kier molecular flexibility index (Phi) is 5.83. The summed E-state index contributed by atoms with van der Waals surface area (Å²) in [6, 6.07) is 10.2. The van der Waals surface area contributed by atoms with E-state index in [2.05, 4.69) is 4.72 Å². The van der Waals surface area contributed by atoms with E-state index in [9.17, 15) is 17.6 Å². The summed E-state index contributed by atoms with van der Waals surface area (Å²) in [7, 11) is -3.69. The number of aryl methyl sites for hydroxylation is 1. The molecule has 3 rings (SSSR count). The predicted molar refractivity (Wildman–Crippen MR) is 102 cm³/mol. The van der Waals surface area contributed by atoms with Gasteiger partial charge in [-0.3, -0.25) is 4.79 Å². The van der Waals surface area contributed by atoms with Crippen LogP contribution in [0.2, 0.25) is 5.02 Å². The normalized spacial score (nSPS) is 15.7. The number of carbonyl (C=O) groups excluding carboxylic acids is 1. The average Bonchev–Trinajstić information content (AvgIpc) is 2.64. The van der Waals surface area contributed by atoms with Gasteiger partial charge in [-0.15, -0.1) is 0 Å². The van der Waals surface area contributed by atoms with E-state index in [-0.39, 0.29) is 22.4 Å². The summed E-state index contributed by atoms with van der Waals surface area (Å²) < 4.78 is 41.6. The van der Waals surface area contributed by atoms with Gasteiger partial charge in [0.1, 0.15) is 5.82 Å². The topological polar surface area (TPSA) is 66.5 Å². The zero-order chi connectivity index (χ0) is 19.6. The molecule has 0 atom stereocenters. The third-order valence-electron chi connectivity index (χ3n) is 4.66. The monoisotopic (exact) mass is 410 g/mol. The van der Waals surface area contributed by atoms with Crippen molar-refractivity contribution in [3.63, 3.8) is 0 Å². The fourth-order valence-electron chi connectivity index (χ4n) is 3.03. The van der Waals surface area contributed by atoms with Gasteiger partial charge in [0.2, 0.25) is 10.0 Å². The maximum absolute atomic E-state index is 13.8. The summed E-state index contributed by atoms with van der Waals surface area (Å²) >= 11 is 6.02. The van der Waals surface area contributed by atoms with Crippen LogP contribution in [0.4, 0.5) is 4.39 Å². The summed E-state index contributed by atoms with van der Waals surface area (Å²) in [4.78, 5) is 14.1. The molecule has 1 N–H and O–H groups in total. The Balaban J connectivity index is 1.63. The van der Waals surface area contributed by atoms with Crippen molar-refractivity contribution < 1.29 is 17.6 Å². The number of amides is 1. The molecule has 1 heterocycles. The lowest BCUT2D eigenvalue weighted by Gasteiger charge is -2.32. The SMILES string of the molecule is Cc1ccc(S(=O)(=O)NC2CCN(C(=O)c3ccccc3F)CC2)cc1Cl. The van der Waals surface area contributed by atoms with Crippen molar-refractivity contribution in [3.05, 3.63) is 64.4 Å². The molecule has 1 saturated heterocycles. The van der Waals surface area contributed by atoms with E-state index < -0.39 is 15.8 Å². The molecule has 0 radical (unpaired) electrons. The van der Waals surface area contributed by atoms with E-state index >= 15 is 0 Å². The summed E-state index contributed by atoms with van der Waals surface area (Å²) in [5.41, 5.74) is 0.835. The van der Waals surface area contributed by atoms with Crippen LogP contribution < -0.4 is 4.72 Å². The van der Waals surface area contributed by atoms with Crippen LogP contribution in [0.3, 0.4) is 0 Å². The summed E-state index contributed by atoms with van der Waals surface area (Å²) in [5.74, 6) is -0.929. The number of halogens is 2. The lowest BCUT2D eigenvalue weighted by atomic mass is 10.0. The molecule has 0 saturated carbocycles. The molecule has 27 heavy (non-hydrogen) atoms. The average molecular weight is 411 g/mol. The number of nitrogens with zero attached hydrogens (tertiary/aromatic N) is 1. The molecule has 1 aliphatic heterocycles. The number of likely N-dealkylation sites (tertiary alicyclic amines) is 1. The smallest absolute Gasteiger partial charge is 0.256 e. The Labute approximate surface area is 163 Å². The van der Waals surface area contributed by atoms with E-state index in [1.807, 2.05) is 0 Å². The third kappa shape index (κ3) is 4.48. The molecule has 1 aliphatic rings. The molecule has 2 aromatic carbocycles. The summed E-state index contributed by atoms with van der Waals surface area (Å²) in [6.45, 7) is 2.51. The molecule has 0 bridgehead atoms. The van der Waals surface area contributed by atoms with Gasteiger partial charge < -0.3 is 4.90 Å². The quantitative estimate of drug-likeness (QED) is 0.840. The molecule has 1 fully saturated rings. The number of carbonyl (C=O) groups is 1. The number of hydrogen-bond acceptors (Lipinski definition) is 3. The lowest BCUT2D eigenvalue weighted by Crippen LogP contribution is -2.46.